The van der Waals surface area contributed by atoms with Gasteiger partial charge in [0.15, 0.2) is 0 Å². The van der Waals surface area contributed by atoms with Crippen LogP contribution in [0.1, 0.15) is 22.4 Å². The van der Waals surface area contributed by atoms with Gasteiger partial charge < -0.3 is 16.0 Å². The molecule has 14 heteroatoms. The summed E-state index contributed by atoms with van der Waals surface area (Å²) in [7, 11) is -2.24. The highest BCUT2D eigenvalue weighted by Gasteiger charge is 2.35. The van der Waals surface area contributed by atoms with Gasteiger partial charge in [-0.3, -0.25) is 9.10 Å². The van der Waals surface area contributed by atoms with Gasteiger partial charge in [0.25, 0.3) is 0 Å². The summed E-state index contributed by atoms with van der Waals surface area (Å²) in [5.41, 5.74) is 1.87. The molecular formula is C22H22F3N7O3S. The summed E-state index contributed by atoms with van der Waals surface area (Å²) in [6.07, 6.45) is -2.81. The Morgan fingerprint density at radius 3 is 2.61 bits per heavy atom. The van der Waals surface area contributed by atoms with Crippen molar-refractivity contribution in [3.05, 3.63) is 58.9 Å². The lowest BCUT2D eigenvalue weighted by molar-refractivity contribution is -0.137. The predicted molar refractivity (Wildman–Crippen MR) is 129 cm³/mol. The zero-order valence-electron chi connectivity index (χ0n) is 19.4. The number of hydrogen-bond donors (Lipinski definition) is 3. The van der Waals surface area contributed by atoms with E-state index in [0.717, 1.165) is 16.1 Å². The summed E-state index contributed by atoms with van der Waals surface area (Å²) in [5.74, 6) is -0.534. The molecule has 3 aromatic rings. The van der Waals surface area contributed by atoms with Crippen molar-refractivity contribution in [3.8, 4) is 0 Å². The number of nitrogens with one attached hydrogen (secondary N) is 3. The van der Waals surface area contributed by atoms with Crippen molar-refractivity contribution < 1.29 is 26.4 Å². The van der Waals surface area contributed by atoms with Crippen LogP contribution >= 0.6 is 0 Å². The van der Waals surface area contributed by atoms with Crippen molar-refractivity contribution in [3.63, 3.8) is 0 Å². The molecule has 2 aromatic heterocycles. The van der Waals surface area contributed by atoms with Gasteiger partial charge in [-0.1, -0.05) is 0 Å². The molecule has 0 atom stereocenters. The second-order valence-electron chi connectivity index (χ2n) is 8.23. The van der Waals surface area contributed by atoms with Crippen molar-refractivity contribution in [1.82, 2.24) is 15.0 Å². The van der Waals surface area contributed by atoms with Crippen LogP contribution in [-0.4, -0.2) is 42.6 Å². The topological polar surface area (TPSA) is 129 Å². The summed E-state index contributed by atoms with van der Waals surface area (Å²) in [6.45, 7) is 1.57. The normalized spacial score (nSPS) is 13.2. The molecule has 0 saturated heterocycles. The minimum atomic E-state index is -4.71. The van der Waals surface area contributed by atoms with Gasteiger partial charge in [-0.25, -0.2) is 18.4 Å². The van der Waals surface area contributed by atoms with Gasteiger partial charge in [0.05, 0.1) is 12.7 Å². The third-order valence-electron chi connectivity index (χ3n) is 5.36. The fraction of sp³-hybridized carbons (Fsp3) is 0.273. The number of fused-ring (bicyclic) bond motifs is 1. The molecule has 0 spiro atoms. The number of halogens is 3. The summed E-state index contributed by atoms with van der Waals surface area (Å²) in [5, 5.41) is 8.25. The molecule has 3 heterocycles. The van der Waals surface area contributed by atoms with Crippen LogP contribution in [0.25, 0.3) is 0 Å². The summed E-state index contributed by atoms with van der Waals surface area (Å²) < 4.78 is 65.6. The molecule has 3 N–H and O–H groups in total. The van der Waals surface area contributed by atoms with E-state index in [-0.39, 0.29) is 30.6 Å². The van der Waals surface area contributed by atoms with Crippen LogP contribution in [0.5, 0.6) is 0 Å². The summed E-state index contributed by atoms with van der Waals surface area (Å²) >= 11 is 0. The van der Waals surface area contributed by atoms with Crippen LogP contribution in [0.4, 0.5) is 42.1 Å². The molecule has 1 aromatic carbocycles. The Labute approximate surface area is 205 Å². The molecule has 0 fully saturated rings. The van der Waals surface area contributed by atoms with Gasteiger partial charge in [0.2, 0.25) is 21.9 Å². The highest BCUT2D eigenvalue weighted by Crippen LogP contribution is 2.35. The smallest absolute Gasteiger partial charge is 0.365 e. The number of hydrogen-bond acceptors (Lipinski definition) is 8. The minimum absolute atomic E-state index is 0.0776. The number of pyridine rings is 1. The maximum Gasteiger partial charge on any atom is 0.421 e. The van der Waals surface area contributed by atoms with E-state index in [4.69, 9.17) is 0 Å². The van der Waals surface area contributed by atoms with E-state index in [9.17, 15) is 26.4 Å². The summed E-state index contributed by atoms with van der Waals surface area (Å²) in [4.78, 5) is 23.6. The fourth-order valence-corrected chi connectivity index (χ4v) is 3.99. The van der Waals surface area contributed by atoms with Gasteiger partial charge in [0, 0.05) is 36.9 Å². The van der Waals surface area contributed by atoms with Crippen molar-refractivity contribution >= 4 is 44.9 Å². The Morgan fingerprint density at radius 1 is 1.17 bits per heavy atom. The lowest BCUT2D eigenvalue weighted by atomic mass is 10.1. The largest absolute Gasteiger partial charge is 0.421 e. The summed E-state index contributed by atoms with van der Waals surface area (Å²) in [6, 6.07) is 8.12. The first kappa shape index (κ1) is 25.2. The maximum atomic E-state index is 13.6. The zero-order chi connectivity index (χ0) is 26.3. The molecule has 0 saturated carbocycles. The average molecular weight is 522 g/mol. The van der Waals surface area contributed by atoms with E-state index in [0.29, 0.717) is 28.8 Å². The number of nitrogens with zero attached hydrogens (tertiary/aromatic N) is 4. The fourth-order valence-electron chi connectivity index (χ4n) is 3.56. The van der Waals surface area contributed by atoms with E-state index in [1.54, 1.807) is 31.2 Å². The standard InChI is InChI=1S/C22H22F3N7O3S/c1-12-6-13(7-18(28-12)32(2)36(3,34)35)10-26-20-16(22(23,24)25)11-27-21(31-20)29-15-4-5-17-14(8-15)9-19(33)30-17/h4-8,11H,9-10H2,1-3H3,(H,30,33)(H2,26,27,29,31). The highest BCUT2D eigenvalue weighted by atomic mass is 32.2. The molecule has 10 nitrogen and oxygen atoms in total. The molecule has 0 unspecified atom stereocenters. The number of amides is 1. The zero-order valence-corrected chi connectivity index (χ0v) is 20.3. The number of anilines is 5. The number of aromatic nitrogens is 3. The van der Waals surface area contributed by atoms with E-state index in [1.807, 2.05) is 0 Å². The van der Waals surface area contributed by atoms with Crippen molar-refractivity contribution in [1.29, 1.82) is 0 Å². The lowest BCUT2D eigenvalue weighted by Crippen LogP contribution is -2.26. The first-order valence-corrected chi connectivity index (χ1v) is 12.4. The number of benzene rings is 1. The number of aryl methyl sites for hydroxylation is 1. The van der Waals surface area contributed by atoms with Crippen LogP contribution in [0.2, 0.25) is 0 Å². The molecule has 0 aliphatic carbocycles. The molecule has 0 radical (unpaired) electrons. The first-order valence-electron chi connectivity index (χ1n) is 10.6. The third-order valence-corrected chi connectivity index (χ3v) is 6.54. The Bertz CT molecular complexity index is 1450. The number of carbonyl (C=O) groups is 1. The molecule has 1 amide bonds. The van der Waals surface area contributed by atoms with Gasteiger partial charge in [-0.05, 0) is 48.4 Å². The van der Waals surface area contributed by atoms with Crippen LogP contribution in [0.15, 0.2) is 36.5 Å². The predicted octanol–water partition coefficient (Wildman–Crippen LogP) is 3.44. The monoisotopic (exact) mass is 521 g/mol. The Kier molecular flexibility index (Phi) is 6.47. The second kappa shape index (κ2) is 9.26. The second-order valence-corrected chi connectivity index (χ2v) is 10.2. The number of rotatable bonds is 7. The molecule has 1 aliphatic heterocycles. The van der Waals surface area contributed by atoms with Crippen LogP contribution in [0, 0.1) is 6.92 Å². The first-order chi connectivity index (χ1) is 16.8. The molecule has 190 valence electrons. The Morgan fingerprint density at radius 2 is 1.92 bits per heavy atom. The van der Waals surface area contributed by atoms with E-state index in [2.05, 4.69) is 30.9 Å². The van der Waals surface area contributed by atoms with E-state index >= 15 is 0 Å². The Balaban J connectivity index is 1.59. The average Bonchev–Trinajstić information content (AvgIpc) is 3.14. The maximum absolute atomic E-state index is 13.6. The SMILES string of the molecule is Cc1cc(CNc2nc(Nc3ccc4c(c3)CC(=O)N4)ncc2C(F)(F)F)cc(N(C)S(C)(=O)=O)n1. The van der Waals surface area contributed by atoms with Gasteiger partial charge >= 0.3 is 6.18 Å². The van der Waals surface area contributed by atoms with Gasteiger partial charge in [0.1, 0.15) is 17.2 Å². The van der Waals surface area contributed by atoms with Crippen LogP contribution in [0.3, 0.4) is 0 Å². The van der Waals surface area contributed by atoms with Crippen molar-refractivity contribution in [2.45, 2.75) is 26.1 Å². The number of sulfonamides is 1. The Hall–Kier alpha value is -3.94. The van der Waals surface area contributed by atoms with Crippen LogP contribution < -0.4 is 20.3 Å². The van der Waals surface area contributed by atoms with Crippen molar-refractivity contribution in [2.24, 2.45) is 0 Å². The molecule has 1 aliphatic rings. The number of carbonyl (C=O) groups excluding carboxylic acids is 1. The lowest BCUT2D eigenvalue weighted by Gasteiger charge is -2.18. The number of alkyl halides is 3. The van der Waals surface area contributed by atoms with Gasteiger partial charge in [-0.2, -0.15) is 18.2 Å². The minimum Gasteiger partial charge on any atom is -0.365 e. The molecule has 36 heavy (non-hydrogen) atoms. The van der Waals surface area contributed by atoms with E-state index < -0.39 is 27.6 Å². The van der Waals surface area contributed by atoms with Crippen molar-refractivity contribution in [2.75, 3.05) is 33.6 Å². The third kappa shape index (κ3) is 5.64. The molecule has 4 rings (SSSR count). The highest BCUT2D eigenvalue weighted by molar-refractivity contribution is 7.92. The molecule has 0 bridgehead atoms. The molecular weight excluding hydrogens is 499 g/mol. The van der Waals surface area contributed by atoms with Gasteiger partial charge in [-0.15, -0.1) is 0 Å². The van der Waals surface area contributed by atoms with E-state index in [1.165, 1.54) is 13.1 Å². The quantitative estimate of drug-likeness (QED) is 0.431. The van der Waals surface area contributed by atoms with Crippen LogP contribution in [-0.2, 0) is 34.0 Å².